The number of nitrogens with one attached hydrogen (secondary N) is 1. The number of methoxy groups -OCH3 is 1. The molecule has 0 saturated heterocycles. The van der Waals surface area contributed by atoms with Crippen LogP contribution >= 0.6 is 0 Å². The summed E-state index contributed by atoms with van der Waals surface area (Å²) in [4.78, 5) is 10.6. The van der Waals surface area contributed by atoms with Crippen LogP contribution in [-0.4, -0.2) is 13.0 Å². The molecule has 1 aromatic carbocycles. The monoisotopic (exact) mass is 150 g/mol. The average Bonchev–Trinajstić information content (AvgIpc) is 2.04. The Morgan fingerprint density at radius 2 is 2.09 bits per heavy atom. The fourth-order valence-electron chi connectivity index (χ4n) is 0.832. The summed E-state index contributed by atoms with van der Waals surface area (Å²) in [6, 6.07) is 6.67. The molecule has 3 heteroatoms. The summed E-state index contributed by atoms with van der Waals surface area (Å²) in [7, 11) is 1.47. The fourth-order valence-corrected chi connectivity index (χ4v) is 0.832. The van der Waals surface area contributed by atoms with Gasteiger partial charge in [0.05, 0.1) is 12.7 Å². The highest BCUT2D eigenvalue weighted by Crippen LogP contribution is 2.15. The van der Waals surface area contributed by atoms with E-state index in [1.807, 2.05) is 0 Å². The molecule has 0 atom stereocenters. The van der Waals surface area contributed by atoms with E-state index >= 15 is 0 Å². The lowest BCUT2D eigenvalue weighted by molar-refractivity contribution is 0.0989. The Morgan fingerprint density at radius 1 is 1.45 bits per heavy atom. The van der Waals surface area contributed by atoms with Crippen molar-refractivity contribution in [1.29, 1.82) is 0 Å². The van der Waals surface area contributed by atoms with Crippen molar-refractivity contribution in [3.8, 4) is 5.75 Å². The molecule has 0 saturated carbocycles. The molecule has 11 heavy (non-hydrogen) atoms. The molecule has 0 bridgehead atoms. The first-order chi connectivity index (χ1) is 5.25. The molecule has 0 unspecified atom stereocenters. The Morgan fingerprint density at radius 3 is 2.55 bits per heavy atom. The lowest BCUT2D eigenvalue weighted by atomic mass is 10.2. The van der Waals surface area contributed by atoms with Crippen LogP contribution < -0.4 is 10.5 Å². The third-order valence-corrected chi connectivity index (χ3v) is 1.35. The molecule has 1 rings (SSSR count). The normalized spacial score (nSPS) is 9.18. The number of carbonyl (C=O) groups excluding carboxylic acids is 1. The van der Waals surface area contributed by atoms with Gasteiger partial charge in [-0.25, -0.2) is 0 Å². The summed E-state index contributed by atoms with van der Waals surface area (Å²) < 4.78 is 4.87. The van der Waals surface area contributed by atoms with Crippen LogP contribution in [0.4, 0.5) is 0 Å². The van der Waals surface area contributed by atoms with Crippen molar-refractivity contribution in [1.82, 2.24) is 5.73 Å². The molecule has 1 amide bonds. The highest BCUT2D eigenvalue weighted by Gasteiger charge is 2.06. The molecule has 0 aromatic heterocycles. The predicted octanol–water partition coefficient (Wildman–Crippen LogP) is 1.12. The van der Waals surface area contributed by atoms with Gasteiger partial charge in [-0.2, -0.15) is 0 Å². The Balaban J connectivity index is 3.12. The minimum atomic E-state index is -0.720. The summed E-state index contributed by atoms with van der Waals surface area (Å²) in [5.74, 6) is -0.269. The number of hydrogen-bond acceptors (Lipinski definition) is 2. The molecule has 0 aliphatic carbocycles. The third-order valence-electron chi connectivity index (χ3n) is 1.35. The number of ether oxygens (including phenoxy) is 1. The topological polar surface area (TPSA) is 50.1 Å². The molecule has 0 aliphatic heterocycles. The van der Waals surface area contributed by atoms with Crippen molar-refractivity contribution in [3.05, 3.63) is 29.8 Å². The van der Waals surface area contributed by atoms with E-state index in [1.165, 1.54) is 7.11 Å². The first-order valence-corrected chi connectivity index (χ1v) is 3.14. The van der Waals surface area contributed by atoms with Crippen molar-refractivity contribution < 1.29 is 9.53 Å². The van der Waals surface area contributed by atoms with E-state index in [9.17, 15) is 4.79 Å². The molecule has 57 valence electrons. The second-order valence-electron chi connectivity index (χ2n) is 2.03. The van der Waals surface area contributed by atoms with E-state index in [0.29, 0.717) is 11.3 Å². The van der Waals surface area contributed by atoms with Crippen molar-refractivity contribution in [2.45, 2.75) is 0 Å². The Kier molecular flexibility index (Phi) is 2.11. The van der Waals surface area contributed by atoms with Crippen LogP contribution in [0.1, 0.15) is 10.4 Å². The van der Waals surface area contributed by atoms with E-state index in [1.54, 1.807) is 24.3 Å². The van der Waals surface area contributed by atoms with E-state index in [-0.39, 0.29) is 0 Å². The van der Waals surface area contributed by atoms with Crippen LogP contribution in [0.2, 0.25) is 0 Å². The lowest BCUT2D eigenvalue weighted by Gasteiger charge is -2.02. The van der Waals surface area contributed by atoms with Gasteiger partial charge in [0.25, 0.3) is 5.91 Å². The lowest BCUT2D eigenvalue weighted by Crippen LogP contribution is -2.01. The van der Waals surface area contributed by atoms with Crippen molar-refractivity contribution in [3.63, 3.8) is 0 Å². The Bertz CT molecular complexity index is 271. The second-order valence-corrected chi connectivity index (χ2v) is 2.03. The molecule has 1 N–H and O–H groups in total. The smallest absolute Gasteiger partial charge is 0.273 e. The van der Waals surface area contributed by atoms with Gasteiger partial charge in [-0.1, -0.05) is 12.1 Å². The second kappa shape index (κ2) is 3.05. The maximum Gasteiger partial charge on any atom is 0.273 e. The van der Waals surface area contributed by atoms with Gasteiger partial charge in [0.15, 0.2) is 0 Å². The molecule has 0 aliphatic rings. The summed E-state index contributed by atoms with van der Waals surface area (Å²) in [5.41, 5.74) is 7.14. The van der Waals surface area contributed by atoms with Gasteiger partial charge >= 0.3 is 0 Å². The fraction of sp³-hybridized carbons (Fsp3) is 0.125. The maximum absolute atomic E-state index is 10.6. The molecule has 0 fully saturated rings. The van der Waals surface area contributed by atoms with Crippen LogP contribution in [0.25, 0.3) is 0 Å². The minimum Gasteiger partial charge on any atom is -0.496 e. The van der Waals surface area contributed by atoms with Crippen molar-refractivity contribution in [2.75, 3.05) is 7.11 Å². The highest BCUT2D eigenvalue weighted by molar-refractivity contribution is 5.94. The van der Waals surface area contributed by atoms with Crippen molar-refractivity contribution in [2.24, 2.45) is 0 Å². The zero-order chi connectivity index (χ0) is 8.27. The summed E-state index contributed by atoms with van der Waals surface area (Å²) in [6.45, 7) is 0. The van der Waals surface area contributed by atoms with Crippen LogP contribution in [0, 0.1) is 0 Å². The number of carbonyl (C=O) groups is 1. The average molecular weight is 150 g/mol. The predicted molar refractivity (Wildman–Crippen MR) is 40.4 cm³/mol. The number of para-hydroxylation sites is 1. The third kappa shape index (κ3) is 1.49. The van der Waals surface area contributed by atoms with Gasteiger partial charge in [-0.15, -0.1) is 0 Å². The number of amides is 1. The Hall–Kier alpha value is -1.51. The zero-order valence-corrected chi connectivity index (χ0v) is 6.13. The maximum atomic E-state index is 10.6. The molecule has 0 heterocycles. The van der Waals surface area contributed by atoms with Gasteiger partial charge in [-0.05, 0) is 12.1 Å². The first-order valence-electron chi connectivity index (χ1n) is 3.14. The van der Waals surface area contributed by atoms with Crippen LogP contribution in [0.15, 0.2) is 24.3 Å². The van der Waals surface area contributed by atoms with E-state index in [0.717, 1.165) is 0 Å². The highest BCUT2D eigenvalue weighted by atomic mass is 16.5. The van der Waals surface area contributed by atoms with Gasteiger partial charge < -0.3 is 4.74 Å². The van der Waals surface area contributed by atoms with Gasteiger partial charge in [0, 0.05) is 0 Å². The molecule has 3 nitrogen and oxygen atoms in total. The summed E-state index contributed by atoms with van der Waals surface area (Å²) >= 11 is 0. The molecular weight excluding hydrogens is 142 g/mol. The molecule has 0 spiro atoms. The quantitative estimate of drug-likeness (QED) is 0.634. The number of hydrogen-bond donors (Lipinski definition) is 0. The minimum absolute atomic E-state index is 0.301. The van der Waals surface area contributed by atoms with Gasteiger partial charge in [-0.3, -0.25) is 10.5 Å². The SMILES string of the molecule is COc1ccccc1C([NH])=O. The molecular formula is C8H8NO2. The van der Waals surface area contributed by atoms with Gasteiger partial charge in [0.1, 0.15) is 5.75 Å². The molecule has 1 aromatic rings. The van der Waals surface area contributed by atoms with Crippen molar-refractivity contribution >= 4 is 5.91 Å². The van der Waals surface area contributed by atoms with E-state index in [4.69, 9.17) is 10.5 Å². The van der Waals surface area contributed by atoms with Crippen LogP contribution in [-0.2, 0) is 0 Å². The number of benzene rings is 1. The van der Waals surface area contributed by atoms with Crippen LogP contribution in [0.5, 0.6) is 5.75 Å². The van der Waals surface area contributed by atoms with Gasteiger partial charge in [0.2, 0.25) is 0 Å². The standard InChI is InChI=1S/C8H8NO2/c1-11-7-5-3-2-4-6(7)8(9)10/h2-5,9H,1H3. The first kappa shape index (κ1) is 7.60. The summed E-state index contributed by atoms with van der Waals surface area (Å²) in [6.07, 6.45) is 0. The van der Waals surface area contributed by atoms with E-state index in [2.05, 4.69) is 0 Å². The molecule has 1 radical (unpaired) electrons. The zero-order valence-electron chi connectivity index (χ0n) is 6.13. The number of rotatable bonds is 2. The summed E-state index contributed by atoms with van der Waals surface area (Å²) in [5, 5.41) is 0. The Labute approximate surface area is 64.8 Å². The largest absolute Gasteiger partial charge is 0.496 e. The van der Waals surface area contributed by atoms with E-state index < -0.39 is 5.91 Å². The van der Waals surface area contributed by atoms with Crippen LogP contribution in [0.3, 0.4) is 0 Å².